The van der Waals surface area contributed by atoms with Gasteiger partial charge in [-0.3, -0.25) is 14.2 Å². The van der Waals surface area contributed by atoms with Crippen molar-refractivity contribution in [1.82, 2.24) is 4.57 Å². The molecule has 3 rings (SSSR count). The highest BCUT2D eigenvalue weighted by atomic mass is 16.4. The predicted molar refractivity (Wildman–Crippen MR) is 90.2 cm³/mol. The molecular formula is C17H15N3O4. The molecule has 0 bridgehead atoms. The van der Waals surface area contributed by atoms with Crippen LogP contribution in [0.5, 0.6) is 0 Å². The lowest BCUT2D eigenvalue weighted by Gasteiger charge is -2.07. The Morgan fingerprint density at radius 3 is 2.25 bits per heavy atom. The summed E-state index contributed by atoms with van der Waals surface area (Å²) in [5.74, 6) is -0.945. The number of amides is 2. The maximum Gasteiger partial charge on any atom is 0.419 e. The first-order chi connectivity index (χ1) is 11.4. The number of oxazole rings is 1. The second-order valence-electron chi connectivity index (χ2n) is 5.32. The highest BCUT2D eigenvalue weighted by molar-refractivity contribution is 6.06. The summed E-state index contributed by atoms with van der Waals surface area (Å²) in [5, 5.41) is 5.41. The van der Waals surface area contributed by atoms with Gasteiger partial charge in [0, 0.05) is 30.9 Å². The molecular weight excluding hydrogens is 310 g/mol. The van der Waals surface area contributed by atoms with E-state index in [0.29, 0.717) is 28.0 Å². The Bertz CT molecular complexity index is 983. The summed E-state index contributed by atoms with van der Waals surface area (Å²) in [6.45, 7) is 1.43. The number of nitrogens with zero attached hydrogens (tertiary/aromatic N) is 1. The normalized spacial score (nSPS) is 10.6. The van der Waals surface area contributed by atoms with Gasteiger partial charge in [0.1, 0.15) is 0 Å². The largest absolute Gasteiger partial charge is 0.419 e. The van der Waals surface area contributed by atoms with Crippen LogP contribution in [0.2, 0.25) is 0 Å². The topological polar surface area (TPSA) is 93.3 Å². The van der Waals surface area contributed by atoms with E-state index in [1.807, 2.05) is 0 Å². The van der Waals surface area contributed by atoms with Crippen LogP contribution in [0.1, 0.15) is 17.3 Å². The summed E-state index contributed by atoms with van der Waals surface area (Å²) < 4.78 is 6.38. The van der Waals surface area contributed by atoms with Gasteiger partial charge in [-0.25, -0.2) is 4.79 Å². The van der Waals surface area contributed by atoms with Crippen LogP contribution in [-0.2, 0) is 11.8 Å². The van der Waals surface area contributed by atoms with Crippen LogP contribution in [0.4, 0.5) is 11.4 Å². The Balaban J connectivity index is 1.80. The Morgan fingerprint density at radius 2 is 1.62 bits per heavy atom. The molecule has 0 aliphatic heterocycles. The van der Waals surface area contributed by atoms with Crippen molar-refractivity contribution in [3.05, 3.63) is 58.6 Å². The predicted octanol–water partition coefficient (Wildman–Crippen LogP) is 2.34. The average Bonchev–Trinajstić information content (AvgIpc) is 2.83. The van der Waals surface area contributed by atoms with Crippen LogP contribution in [-0.4, -0.2) is 16.4 Å². The van der Waals surface area contributed by atoms with Crippen LogP contribution in [0.15, 0.2) is 51.7 Å². The van der Waals surface area contributed by atoms with Crippen molar-refractivity contribution < 1.29 is 14.0 Å². The molecule has 0 aliphatic rings. The van der Waals surface area contributed by atoms with Gasteiger partial charge in [0.15, 0.2) is 5.58 Å². The summed E-state index contributed by atoms with van der Waals surface area (Å²) in [5.41, 5.74) is 2.63. The fourth-order valence-corrected chi connectivity index (χ4v) is 2.31. The van der Waals surface area contributed by atoms with Gasteiger partial charge in [0.05, 0.1) is 5.52 Å². The van der Waals surface area contributed by atoms with E-state index in [2.05, 4.69) is 10.6 Å². The number of carbonyl (C=O) groups excluding carboxylic acids is 2. The van der Waals surface area contributed by atoms with Crippen molar-refractivity contribution in [3.8, 4) is 0 Å². The smallest absolute Gasteiger partial charge is 0.408 e. The van der Waals surface area contributed by atoms with Crippen LogP contribution < -0.4 is 16.4 Å². The first-order valence-electron chi connectivity index (χ1n) is 7.22. The number of benzene rings is 2. The number of nitrogens with one attached hydrogen (secondary N) is 2. The molecule has 122 valence electrons. The fourth-order valence-electron chi connectivity index (χ4n) is 2.31. The van der Waals surface area contributed by atoms with Crippen molar-refractivity contribution >= 4 is 34.3 Å². The summed E-state index contributed by atoms with van der Waals surface area (Å²) >= 11 is 0. The number of anilines is 2. The van der Waals surface area contributed by atoms with Crippen molar-refractivity contribution in [2.75, 3.05) is 10.6 Å². The van der Waals surface area contributed by atoms with E-state index in [1.54, 1.807) is 49.5 Å². The average molecular weight is 325 g/mol. The van der Waals surface area contributed by atoms with Crippen LogP contribution in [0.3, 0.4) is 0 Å². The number of hydrogen-bond acceptors (Lipinski definition) is 4. The quantitative estimate of drug-likeness (QED) is 0.773. The minimum absolute atomic E-state index is 0.161. The van der Waals surface area contributed by atoms with E-state index < -0.39 is 5.76 Å². The third-order valence-corrected chi connectivity index (χ3v) is 3.52. The zero-order chi connectivity index (χ0) is 17.3. The van der Waals surface area contributed by atoms with Gasteiger partial charge in [0.2, 0.25) is 5.91 Å². The maximum absolute atomic E-state index is 12.3. The number of rotatable bonds is 3. The molecule has 0 fully saturated rings. The Hall–Kier alpha value is -3.35. The third kappa shape index (κ3) is 3.05. The molecule has 0 unspecified atom stereocenters. The Labute approximate surface area is 136 Å². The minimum Gasteiger partial charge on any atom is -0.408 e. The molecule has 7 heteroatoms. The second kappa shape index (κ2) is 6.04. The molecule has 0 spiro atoms. The zero-order valence-corrected chi connectivity index (χ0v) is 13.1. The number of hydrogen-bond donors (Lipinski definition) is 2. The zero-order valence-electron chi connectivity index (χ0n) is 13.1. The first-order valence-corrected chi connectivity index (χ1v) is 7.22. The van der Waals surface area contributed by atoms with Gasteiger partial charge in [0.25, 0.3) is 5.91 Å². The number of carbonyl (C=O) groups is 2. The molecule has 0 radical (unpaired) electrons. The first kappa shape index (κ1) is 15.5. The molecule has 7 nitrogen and oxygen atoms in total. The van der Waals surface area contributed by atoms with E-state index in [-0.39, 0.29) is 11.8 Å². The number of aryl methyl sites for hydroxylation is 1. The van der Waals surface area contributed by atoms with Gasteiger partial charge in [-0.1, -0.05) is 0 Å². The molecule has 2 amide bonds. The molecule has 1 heterocycles. The number of fused-ring (bicyclic) bond motifs is 1. The standard InChI is InChI=1S/C17H15N3O4/c1-10(21)18-12-4-6-13(7-5-12)19-16(22)11-3-8-15-14(9-11)20(2)17(23)24-15/h3-9H,1-2H3,(H,18,21)(H,19,22). The molecule has 2 N–H and O–H groups in total. The highest BCUT2D eigenvalue weighted by Gasteiger charge is 2.11. The second-order valence-corrected chi connectivity index (χ2v) is 5.32. The fraction of sp³-hybridized carbons (Fsp3) is 0.118. The summed E-state index contributed by atoms with van der Waals surface area (Å²) in [6.07, 6.45) is 0. The van der Waals surface area contributed by atoms with Gasteiger partial charge in [-0.05, 0) is 42.5 Å². The molecule has 0 atom stereocenters. The van der Waals surface area contributed by atoms with Crippen molar-refractivity contribution in [2.24, 2.45) is 7.05 Å². The monoisotopic (exact) mass is 325 g/mol. The van der Waals surface area contributed by atoms with Crippen molar-refractivity contribution in [2.45, 2.75) is 6.92 Å². The molecule has 0 aliphatic carbocycles. The maximum atomic E-state index is 12.3. The van der Waals surface area contributed by atoms with E-state index in [4.69, 9.17) is 4.42 Å². The van der Waals surface area contributed by atoms with Crippen LogP contribution in [0, 0.1) is 0 Å². The highest BCUT2D eigenvalue weighted by Crippen LogP contribution is 2.17. The molecule has 2 aromatic carbocycles. The summed E-state index contributed by atoms with van der Waals surface area (Å²) in [7, 11) is 1.58. The number of aromatic nitrogens is 1. The van der Waals surface area contributed by atoms with E-state index in [9.17, 15) is 14.4 Å². The summed E-state index contributed by atoms with van der Waals surface area (Å²) in [6, 6.07) is 11.5. The van der Waals surface area contributed by atoms with Crippen molar-refractivity contribution in [3.63, 3.8) is 0 Å². The molecule has 0 saturated heterocycles. The Kier molecular flexibility index (Phi) is 3.91. The van der Waals surface area contributed by atoms with Gasteiger partial charge in [-0.2, -0.15) is 0 Å². The third-order valence-electron chi connectivity index (χ3n) is 3.52. The van der Waals surface area contributed by atoms with E-state index >= 15 is 0 Å². The van der Waals surface area contributed by atoms with Gasteiger partial charge < -0.3 is 15.1 Å². The van der Waals surface area contributed by atoms with E-state index in [1.165, 1.54) is 11.5 Å². The Morgan fingerprint density at radius 1 is 1.00 bits per heavy atom. The van der Waals surface area contributed by atoms with E-state index in [0.717, 1.165) is 0 Å². The van der Waals surface area contributed by atoms with Crippen LogP contribution in [0.25, 0.3) is 11.1 Å². The molecule has 24 heavy (non-hydrogen) atoms. The molecule has 3 aromatic rings. The SMILES string of the molecule is CC(=O)Nc1ccc(NC(=O)c2ccc3oc(=O)n(C)c3c2)cc1. The molecule has 0 saturated carbocycles. The lowest BCUT2D eigenvalue weighted by Crippen LogP contribution is -2.13. The minimum atomic E-state index is -0.476. The van der Waals surface area contributed by atoms with Crippen molar-refractivity contribution in [1.29, 1.82) is 0 Å². The van der Waals surface area contributed by atoms with Gasteiger partial charge in [-0.15, -0.1) is 0 Å². The van der Waals surface area contributed by atoms with Crippen LogP contribution >= 0.6 is 0 Å². The molecule has 1 aromatic heterocycles. The lowest BCUT2D eigenvalue weighted by molar-refractivity contribution is -0.114. The summed E-state index contributed by atoms with van der Waals surface area (Å²) in [4.78, 5) is 34.8. The van der Waals surface area contributed by atoms with Gasteiger partial charge >= 0.3 is 5.76 Å². The lowest BCUT2D eigenvalue weighted by atomic mass is 10.2.